The van der Waals surface area contributed by atoms with Crippen LogP contribution in [-0.2, 0) is 6.54 Å². The number of hydrogen-bond acceptors (Lipinski definition) is 9. The summed E-state index contributed by atoms with van der Waals surface area (Å²) in [5.41, 5.74) is 7.64. The summed E-state index contributed by atoms with van der Waals surface area (Å²) in [6.07, 6.45) is 1.38. The summed E-state index contributed by atoms with van der Waals surface area (Å²) in [5.74, 6) is -0.326. The topological polar surface area (TPSA) is 137 Å². The molecule has 3 aromatic rings. The molecule has 1 amide bonds. The Morgan fingerprint density at radius 2 is 1.92 bits per heavy atom. The molecule has 1 aromatic carbocycles. The molecule has 5 N–H and O–H groups in total. The van der Waals surface area contributed by atoms with Crippen molar-refractivity contribution in [3.8, 4) is 0 Å². The molecular weight excluding hydrogens is 362 g/mol. The third-order valence-corrected chi connectivity index (χ3v) is 3.34. The second-order valence-electron chi connectivity index (χ2n) is 4.96. The molecule has 26 heavy (non-hydrogen) atoms. The van der Waals surface area contributed by atoms with E-state index in [0.29, 0.717) is 11.6 Å². The summed E-state index contributed by atoms with van der Waals surface area (Å²) in [7, 11) is 0. The van der Waals surface area contributed by atoms with Crippen LogP contribution in [0.15, 0.2) is 47.1 Å². The molecule has 0 fully saturated rings. The standard InChI is InChI=1S/C15H14ClN7O3/c16-10-4-1-3-9(7-10)8-17-13-18-14(20-15(19-13)23-25)22-21-12(24)11-5-2-6-26-11/h1-7,25H,8H2,(H,21,24)(H3,17,18,19,20,22,23). The lowest BCUT2D eigenvalue weighted by Gasteiger charge is -2.10. The molecule has 0 saturated carbocycles. The Hall–Kier alpha value is -3.37. The van der Waals surface area contributed by atoms with Crippen LogP contribution in [-0.4, -0.2) is 26.1 Å². The molecule has 0 spiro atoms. The number of amides is 1. The molecule has 11 heteroatoms. The number of carbonyl (C=O) groups excluding carboxylic acids is 1. The zero-order valence-corrected chi connectivity index (χ0v) is 14.0. The Morgan fingerprint density at radius 1 is 1.12 bits per heavy atom. The van der Waals surface area contributed by atoms with E-state index in [2.05, 4.69) is 31.1 Å². The van der Waals surface area contributed by atoms with Gasteiger partial charge >= 0.3 is 5.91 Å². The van der Waals surface area contributed by atoms with Crippen LogP contribution in [0.2, 0.25) is 5.02 Å². The minimum absolute atomic E-state index is 0.00468. The quantitative estimate of drug-likeness (QED) is 0.394. The van der Waals surface area contributed by atoms with E-state index in [4.69, 9.17) is 21.2 Å². The van der Waals surface area contributed by atoms with Crippen LogP contribution >= 0.6 is 11.6 Å². The van der Waals surface area contributed by atoms with E-state index in [9.17, 15) is 4.79 Å². The molecule has 0 aliphatic heterocycles. The van der Waals surface area contributed by atoms with Gasteiger partial charge < -0.3 is 9.73 Å². The van der Waals surface area contributed by atoms with E-state index in [-0.39, 0.29) is 23.6 Å². The summed E-state index contributed by atoms with van der Waals surface area (Å²) in [5, 5.41) is 12.6. The van der Waals surface area contributed by atoms with Crippen molar-refractivity contribution in [2.45, 2.75) is 6.54 Å². The van der Waals surface area contributed by atoms with Crippen LogP contribution in [0.5, 0.6) is 0 Å². The number of anilines is 3. The molecular formula is C15H14ClN7O3. The number of halogens is 1. The molecule has 0 unspecified atom stereocenters. The summed E-state index contributed by atoms with van der Waals surface area (Å²) in [4.78, 5) is 23.8. The van der Waals surface area contributed by atoms with E-state index in [1.54, 1.807) is 18.2 Å². The number of hydrogen-bond donors (Lipinski definition) is 5. The second-order valence-corrected chi connectivity index (χ2v) is 5.39. The Bertz CT molecular complexity index is 889. The fraction of sp³-hybridized carbons (Fsp3) is 0.0667. The number of aromatic nitrogens is 3. The smallest absolute Gasteiger partial charge is 0.305 e. The third kappa shape index (κ3) is 4.59. The fourth-order valence-electron chi connectivity index (χ4n) is 1.97. The van der Waals surface area contributed by atoms with E-state index < -0.39 is 5.91 Å². The SMILES string of the molecule is O=C(NNc1nc(NO)nc(NCc2cccc(Cl)c2)n1)c1ccco1. The first-order valence-corrected chi connectivity index (χ1v) is 7.76. The van der Waals surface area contributed by atoms with Gasteiger partial charge in [-0.1, -0.05) is 23.7 Å². The minimum atomic E-state index is -0.512. The van der Waals surface area contributed by atoms with Crippen molar-refractivity contribution in [1.82, 2.24) is 20.4 Å². The number of rotatable bonds is 7. The van der Waals surface area contributed by atoms with E-state index in [0.717, 1.165) is 5.56 Å². The number of benzene rings is 1. The average molecular weight is 376 g/mol. The van der Waals surface area contributed by atoms with E-state index in [1.807, 2.05) is 17.6 Å². The Balaban J connectivity index is 1.66. The molecule has 0 atom stereocenters. The van der Waals surface area contributed by atoms with Gasteiger partial charge in [0.05, 0.1) is 6.26 Å². The highest BCUT2D eigenvalue weighted by atomic mass is 35.5. The van der Waals surface area contributed by atoms with Crippen molar-refractivity contribution < 1.29 is 14.4 Å². The van der Waals surface area contributed by atoms with Crippen LogP contribution in [0.1, 0.15) is 16.1 Å². The van der Waals surface area contributed by atoms with Gasteiger partial charge in [0.25, 0.3) is 5.95 Å². The summed E-state index contributed by atoms with van der Waals surface area (Å²) in [6, 6.07) is 10.4. The van der Waals surface area contributed by atoms with Crippen LogP contribution in [0, 0.1) is 0 Å². The monoisotopic (exact) mass is 375 g/mol. The molecule has 134 valence electrons. The van der Waals surface area contributed by atoms with Gasteiger partial charge in [-0.3, -0.25) is 20.9 Å². The highest BCUT2D eigenvalue weighted by molar-refractivity contribution is 6.30. The highest BCUT2D eigenvalue weighted by Gasteiger charge is 2.10. The van der Waals surface area contributed by atoms with Crippen molar-refractivity contribution in [3.05, 3.63) is 59.0 Å². The molecule has 10 nitrogen and oxygen atoms in total. The number of carbonyl (C=O) groups is 1. The number of furan rings is 1. The zero-order valence-electron chi connectivity index (χ0n) is 13.2. The van der Waals surface area contributed by atoms with Crippen LogP contribution in [0.25, 0.3) is 0 Å². The molecule has 2 heterocycles. The maximum atomic E-state index is 11.8. The van der Waals surface area contributed by atoms with Crippen LogP contribution in [0.4, 0.5) is 17.8 Å². The van der Waals surface area contributed by atoms with Gasteiger partial charge in [0.2, 0.25) is 11.9 Å². The Kier molecular flexibility index (Phi) is 5.46. The predicted octanol–water partition coefficient (Wildman–Crippen LogP) is 2.29. The van der Waals surface area contributed by atoms with Crippen LogP contribution < -0.4 is 21.6 Å². The van der Waals surface area contributed by atoms with Gasteiger partial charge in [0.1, 0.15) is 0 Å². The first-order chi connectivity index (χ1) is 12.6. The maximum absolute atomic E-state index is 11.8. The lowest BCUT2D eigenvalue weighted by Crippen LogP contribution is -2.30. The molecule has 3 rings (SSSR count). The fourth-order valence-corrected chi connectivity index (χ4v) is 2.18. The highest BCUT2D eigenvalue weighted by Crippen LogP contribution is 2.13. The number of nitrogens with zero attached hydrogens (tertiary/aromatic N) is 3. The first-order valence-electron chi connectivity index (χ1n) is 7.38. The molecule has 0 aliphatic carbocycles. The second kappa shape index (κ2) is 8.14. The molecule has 0 radical (unpaired) electrons. The van der Waals surface area contributed by atoms with Gasteiger partial charge in [-0.2, -0.15) is 15.0 Å². The minimum Gasteiger partial charge on any atom is -0.459 e. The lowest BCUT2D eigenvalue weighted by atomic mass is 10.2. The summed E-state index contributed by atoms with van der Waals surface area (Å²) < 4.78 is 4.97. The number of hydrazine groups is 1. The van der Waals surface area contributed by atoms with Crippen molar-refractivity contribution in [1.29, 1.82) is 0 Å². The molecule has 0 bridgehead atoms. The molecule has 0 saturated heterocycles. The van der Waals surface area contributed by atoms with Gasteiger partial charge in [-0.25, -0.2) is 5.48 Å². The van der Waals surface area contributed by atoms with Gasteiger partial charge in [0.15, 0.2) is 5.76 Å². The van der Waals surface area contributed by atoms with E-state index in [1.165, 1.54) is 12.3 Å². The summed E-state index contributed by atoms with van der Waals surface area (Å²) >= 11 is 5.94. The predicted molar refractivity (Wildman–Crippen MR) is 93.8 cm³/mol. The van der Waals surface area contributed by atoms with Gasteiger partial charge in [0, 0.05) is 11.6 Å². The average Bonchev–Trinajstić information content (AvgIpc) is 3.19. The van der Waals surface area contributed by atoms with E-state index >= 15 is 0 Å². The van der Waals surface area contributed by atoms with Crippen molar-refractivity contribution in [2.75, 3.05) is 16.2 Å². The normalized spacial score (nSPS) is 10.2. The molecule has 2 aromatic heterocycles. The largest absolute Gasteiger partial charge is 0.459 e. The summed E-state index contributed by atoms with van der Waals surface area (Å²) in [6.45, 7) is 0.396. The van der Waals surface area contributed by atoms with Crippen molar-refractivity contribution in [2.24, 2.45) is 0 Å². The van der Waals surface area contributed by atoms with Gasteiger partial charge in [-0.15, -0.1) is 0 Å². The maximum Gasteiger partial charge on any atom is 0.305 e. The van der Waals surface area contributed by atoms with Crippen molar-refractivity contribution >= 4 is 35.4 Å². The number of nitrogens with one attached hydrogen (secondary N) is 4. The lowest BCUT2D eigenvalue weighted by molar-refractivity contribution is 0.0935. The zero-order chi connectivity index (χ0) is 18.4. The Morgan fingerprint density at radius 3 is 2.65 bits per heavy atom. The van der Waals surface area contributed by atoms with Gasteiger partial charge in [-0.05, 0) is 29.8 Å². The third-order valence-electron chi connectivity index (χ3n) is 3.11. The first kappa shape index (κ1) is 17.5. The molecule has 0 aliphatic rings. The van der Waals surface area contributed by atoms with Crippen LogP contribution in [0.3, 0.4) is 0 Å². The van der Waals surface area contributed by atoms with Crippen molar-refractivity contribution in [3.63, 3.8) is 0 Å². The Labute approximate surface area is 152 Å².